The molecule has 2 nitrogen and oxygen atoms in total. The molecule has 0 aliphatic heterocycles. The van der Waals surface area contributed by atoms with Crippen molar-refractivity contribution in [2.24, 2.45) is 5.92 Å². The lowest BCUT2D eigenvalue weighted by molar-refractivity contribution is -0.144. The van der Waals surface area contributed by atoms with Gasteiger partial charge in [0, 0.05) is 0 Å². The van der Waals surface area contributed by atoms with Crippen LogP contribution in [0.5, 0.6) is 0 Å². The molecule has 0 N–H and O–H groups in total. The summed E-state index contributed by atoms with van der Waals surface area (Å²) in [6, 6.07) is 0. The van der Waals surface area contributed by atoms with Gasteiger partial charge in [-0.25, -0.2) is 0 Å². The number of carbonyl (C=O) groups is 1. The molecule has 0 saturated carbocycles. The van der Waals surface area contributed by atoms with E-state index in [9.17, 15) is 4.79 Å². The Morgan fingerprint density at radius 1 is 1.29 bits per heavy atom. The lowest BCUT2D eigenvalue weighted by atomic mass is 10.0. The van der Waals surface area contributed by atoms with Crippen LogP contribution in [0, 0.1) is 5.92 Å². The minimum Gasteiger partial charge on any atom is -0.466 e. The number of rotatable bonds is 5. The molecule has 2 unspecified atom stereocenters. The van der Waals surface area contributed by atoms with Gasteiger partial charge in [-0.3, -0.25) is 4.79 Å². The van der Waals surface area contributed by atoms with Crippen LogP contribution in [0.4, 0.5) is 0 Å². The highest BCUT2D eigenvalue weighted by atomic mass is 28.3. The van der Waals surface area contributed by atoms with Crippen LogP contribution in [0.3, 0.4) is 0 Å². The normalized spacial score (nSPS) is 16.1. The maximum atomic E-state index is 11.8. The van der Waals surface area contributed by atoms with Crippen molar-refractivity contribution in [3.05, 3.63) is 0 Å². The predicted octanol–water partition coefficient (Wildman–Crippen LogP) is 3.30. The van der Waals surface area contributed by atoms with E-state index in [4.69, 9.17) is 4.74 Å². The summed E-state index contributed by atoms with van der Waals surface area (Å²) < 4.78 is 5.15. The summed E-state index contributed by atoms with van der Waals surface area (Å²) >= 11 is 0. The lowest BCUT2D eigenvalue weighted by Crippen LogP contribution is -2.38. The van der Waals surface area contributed by atoms with Gasteiger partial charge in [0.25, 0.3) is 0 Å². The van der Waals surface area contributed by atoms with Crippen molar-refractivity contribution in [3.63, 3.8) is 0 Å². The van der Waals surface area contributed by atoms with Crippen LogP contribution >= 0.6 is 0 Å². The molecule has 0 spiro atoms. The first-order chi connectivity index (χ1) is 6.34. The smallest absolute Gasteiger partial charge is 0.306 e. The Morgan fingerprint density at radius 3 is 2.07 bits per heavy atom. The second kappa shape index (κ2) is 5.54. The summed E-state index contributed by atoms with van der Waals surface area (Å²) in [5, 5.41) is 0. The van der Waals surface area contributed by atoms with Gasteiger partial charge in [-0.05, 0) is 12.8 Å². The molecule has 0 aromatic rings. The molecule has 0 aliphatic carbocycles. The first-order valence-electron chi connectivity index (χ1n) is 5.51. The molecule has 84 valence electrons. The molecular weight excluding hydrogens is 192 g/mol. The van der Waals surface area contributed by atoms with Gasteiger partial charge in [0.05, 0.1) is 20.2 Å². The molecular formula is C11H24O2Si. The van der Waals surface area contributed by atoms with Crippen molar-refractivity contribution < 1.29 is 9.53 Å². The Bertz CT molecular complexity index is 184. The Hall–Kier alpha value is -0.313. The van der Waals surface area contributed by atoms with Crippen LogP contribution in [0.2, 0.25) is 25.2 Å². The van der Waals surface area contributed by atoms with E-state index in [2.05, 4.69) is 33.5 Å². The van der Waals surface area contributed by atoms with Gasteiger partial charge < -0.3 is 4.74 Å². The van der Waals surface area contributed by atoms with Gasteiger partial charge >= 0.3 is 5.97 Å². The Balaban J connectivity index is 4.64. The highest BCUT2D eigenvalue weighted by Gasteiger charge is 2.37. The molecule has 0 rings (SSSR count). The third kappa shape index (κ3) is 3.82. The number of hydrogen-bond donors (Lipinski definition) is 0. The van der Waals surface area contributed by atoms with Gasteiger partial charge in [0.2, 0.25) is 0 Å². The zero-order valence-corrected chi connectivity index (χ0v) is 11.4. The topological polar surface area (TPSA) is 26.3 Å². The van der Waals surface area contributed by atoms with Gasteiger partial charge in [-0.1, -0.05) is 39.9 Å². The van der Waals surface area contributed by atoms with Crippen LogP contribution in [0.1, 0.15) is 27.2 Å². The minimum atomic E-state index is -1.45. The molecule has 0 aromatic carbocycles. The lowest BCUT2D eigenvalue weighted by Gasteiger charge is -2.31. The second-order valence-corrected chi connectivity index (χ2v) is 10.3. The highest BCUT2D eigenvalue weighted by molar-refractivity contribution is 6.80. The van der Waals surface area contributed by atoms with Gasteiger partial charge in [0.15, 0.2) is 0 Å². The van der Waals surface area contributed by atoms with Crippen molar-refractivity contribution in [1.29, 1.82) is 0 Å². The summed E-state index contributed by atoms with van der Waals surface area (Å²) in [6.45, 7) is 13.4. The fourth-order valence-corrected chi connectivity index (χ4v) is 4.64. The molecule has 14 heavy (non-hydrogen) atoms. The summed E-state index contributed by atoms with van der Waals surface area (Å²) in [6.07, 6.45) is 1.05. The van der Waals surface area contributed by atoms with E-state index in [-0.39, 0.29) is 11.5 Å². The fraction of sp³-hybridized carbons (Fsp3) is 0.909. The van der Waals surface area contributed by atoms with E-state index in [1.165, 1.54) is 0 Å². The Kier molecular flexibility index (Phi) is 5.42. The number of ether oxygens (including phenoxy) is 1. The Labute approximate surface area is 89.0 Å². The van der Waals surface area contributed by atoms with Crippen molar-refractivity contribution >= 4 is 14.0 Å². The molecule has 0 aliphatic rings. The van der Waals surface area contributed by atoms with E-state index < -0.39 is 8.07 Å². The maximum Gasteiger partial charge on any atom is 0.306 e. The standard InChI is InChI=1S/C11H24O2Si/c1-7-9(3)10(14(4,5)6)11(12)13-8-2/h9-10H,7-8H2,1-6H3. The van der Waals surface area contributed by atoms with E-state index in [0.717, 1.165) is 6.42 Å². The summed E-state index contributed by atoms with van der Waals surface area (Å²) in [4.78, 5) is 11.8. The van der Waals surface area contributed by atoms with E-state index in [1.54, 1.807) is 0 Å². The fourth-order valence-electron chi connectivity index (χ4n) is 1.91. The molecule has 0 bridgehead atoms. The number of carbonyl (C=O) groups excluding carboxylic acids is 1. The quantitative estimate of drug-likeness (QED) is 0.520. The molecule has 3 heteroatoms. The van der Waals surface area contributed by atoms with Crippen molar-refractivity contribution in [2.75, 3.05) is 6.61 Å². The van der Waals surface area contributed by atoms with Crippen LogP contribution in [-0.2, 0) is 9.53 Å². The summed E-state index contributed by atoms with van der Waals surface area (Å²) in [5.74, 6) is 0.460. The van der Waals surface area contributed by atoms with E-state index >= 15 is 0 Å². The molecule has 0 radical (unpaired) electrons. The van der Waals surface area contributed by atoms with Crippen LogP contribution in [0.15, 0.2) is 0 Å². The molecule has 0 saturated heterocycles. The van der Waals surface area contributed by atoms with Crippen LogP contribution < -0.4 is 0 Å². The zero-order valence-electron chi connectivity index (χ0n) is 10.4. The number of hydrogen-bond acceptors (Lipinski definition) is 2. The molecule has 0 fully saturated rings. The molecule has 0 amide bonds. The van der Waals surface area contributed by atoms with Gasteiger partial charge in [0.1, 0.15) is 0 Å². The third-order valence-corrected chi connectivity index (χ3v) is 5.36. The molecule has 2 atom stereocenters. The molecule has 0 aromatic heterocycles. The zero-order chi connectivity index (χ0) is 11.4. The summed E-state index contributed by atoms with van der Waals surface area (Å²) in [7, 11) is -1.45. The largest absolute Gasteiger partial charge is 0.466 e. The second-order valence-electron chi connectivity index (χ2n) is 4.98. The van der Waals surface area contributed by atoms with Crippen molar-refractivity contribution in [3.8, 4) is 0 Å². The average molecular weight is 216 g/mol. The monoisotopic (exact) mass is 216 g/mol. The highest BCUT2D eigenvalue weighted by Crippen LogP contribution is 2.33. The first-order valence-corrected chi connectivity index (χ1v) is 9.08. The van der Waals surface area contributed by atoms with Crippen LogP contribution in [0.25, 0.3) is 0 Å². The van der Waals surface area contributed by atoms with Crippen molar-refractivity contribution in [1.82, 2.24) is 0 Å². The van der Waals surface area contributed by atoms with Crippen LogP contribution in [-0.4, -0.2) is 20.7 Å². The van der Waals surface area contributed by atoms with Crippen molar-refractivity contribution in [2.45, 2.75) is 52.4 Å². The Morgan fingerprint density at radius 2 is 1.79 bits per heavy atom. The SMILES string of the molecule is CCOC(=O)C(C(C)CC)[Si](C)(C)C. The van der Waals surface area contributed by atoms with E-state index in [0.29, 0.717) is 12.5 Å². The van der Waals surface area contributed by atoms with Gasteiger partial charge in [-0.2, -0.15) is 0 Å². The molecule has 0 heterocycles. The third-order valence-electron chi connectivity index (χ3n) is 2.69. The van der Waals surface area contributed by atoms with Gasteiger partial charge in [-0.15, -0.1) is 0 Å². The number of esters is 1. The predicted molar refractivity (Wildman–Crippen MR) is 63.2 cm³/mol. The van der Waals surface area contributed by atoms with E-state index in [1.807, 2.05) is 6.92 Å². The maximum absolute atomic E-state index is 11.8. The first kappa shape index (κ1) is 13.7. The average Bonchev–Trinajstić information content (AvgIpc) is 2.02. The minimum absolute atomic E-state index is 0.0148. The summed E-state index contributed by atoms with van der Waals surface area (Å²) in [5.41, 5.74) is 0.146.